The second-order valence-electron chi connectivity index (χ2n) is 6.82. The zero-order valence-corrected chi connectivity index (χ0v) is 16.3. The number of methoxy groups -OCH3 is 2. The molecule has 1 aromatic rings. The first kappa shape index (κ1) is 21.1. The number of hydrogen-bond donors (Lipinski definition) is 0. The van der Waals surface area contributed by atoms with E-state index in [1.165, 1.54) is 29.2 Å². The third-order valence-electron chi connectivity index (χ3n) is 4.27. The molecule has 0 fully saturated rings. The van der Waals surface area contributed by atoms with Gasteiger partial charge in [0.2, 0.25) is 0 Å². The molecule has 6 nitrogen and oxygen atoms in total. The van der Waals surface area contributed by atoms with Gasteiger partial charge in [-0.15, -0.1) is 0 Å². The quantitative estimate of drug-likeness (QED) is 0.584. The summed E-state index contributed by atoms with van der Waals surface area (Å²) in [5.74, 6) is -0.944. The number of ether oxygens (including phenoxy) is 2. The molecule has 2 rings (SSSR count). The minimum atomic E-state index is -0.396. The molecule has 1 heterocycles. The second-order valence-corrected chi connectivity index (χ2v) is 6.82. The van der Waals surface area contributed by atoms with Gasteiger partial charge in [0.05, 0.1) is 18.8 Å². The van der Waals surface area contributed by atoms with E-state index in [0.29, 0.717) is 49.7 Å². The van der Waals surface area contributed by atoms with Gasteiger partial charge in [-0.2, -0.15) is 0 Å². The van der Waals surface area contributed by atoms with Crippen molar-refractivity contribution in [2.24, 2.45) is 5.92 Å². The molecule has 148 valence electrons. The second kappa shape index (κ2) is 9.62. The molecule has 27 heavy (non-hydrogen) atoms. The number of hydrogen-bond acceptors (Lipinski definition) is 5. The van der Waals surface area contributed by atoms with Crippen molar-refractivity contribution < 1.29 is 23.5 Å². The summed E-state index contributed by atoms with van der Waals surface area (Å²) in [4.78, 5) is 29.3. The van der Waals surface area contributed by atoms with Gasteiger partial charge in [-0.3, -0.25) is 14.5 Å². The molecular formula is C20H27FN2O4. The van der Waals surface area contributed by atoms with Gasteiger partial charge in [-0.25, -0.2) is 4.39 Å². The molecule has 0 unspecified atom stereocenters. The van der Waals surface area contributed by atoms with Crippen LogP contribution in [0.25, 0.3) is 5.57 Å². The van der Waals surface area contributed by atoms with Gasteiger partial charge >= 0.3 is 0 Å². The predicted molar refractivity (Wildman–Crippen MR) is 100 cm³/mol. The zero-order chi connectivity index (χ0) is 20.0. The maximum Gasteiger partial charge on any atom is 0.277 e. The van der Waals surface area contributed by atoms with Crippen molar-refractivity contribution >= 4 is 17.4 Å². The van der Waals surface area contributed by atoms with Crippen LogP contribution in [0.3, 0.4) is 0 Å². The van der Waals surface area contributed by atoms with Crippen LogP contribution < -0.4 is 0 Å². The number of benzene rings is 1. The minimum absolute atomic E-state index is 0.137. The highest BCUT2D eigenvalue weighted by atomic mass is 19.1. The normalized spacial score (nSPS) is 14.7. The summed E-state index contributed by atoms with van der Waals surface area (Å²) in [6, 6.07) is 5.63. The fraction of sp³-hybridized carbons (Fsp3) is 0.500. The molecule has 1 aliphatic heterocycles. The molecule has 1 aliphatic rings. The van der Waals surface area contributed by atoms with E-state index in [0.717, 1.165) is 0 Å². The molecule has 0 atom stereocenters. The van der Waals surface area contributed by atoms with Crippen molar-refractivity contribution in [2.75, 3.05) is 47.1 Å². The van der Waals surface area contributed by atoms with Gasteiger partial charge in [-0.05, 0) is 23.6 Å². The smallest absolute Gasteiger partial charge is 0.277 e. The van der Waals surface area contributed by atoms with E-state index in [9.17, 15) is 14.0 Å². The maximum atomic E-state index is 13.4. The average Bonchev–Trinajstić information content (AvgIpc) is 2.87. The van der Waals surface area contributed by atoms with Crippen LogP contribution in [0, 0.1) is 11.7 Å². The average molecular weight is 378 g/mol. The van der Waals surface area contributed by atoms with Crippen molar-refractivity contribution in [1.29, 1.82) is 0 Å². The number of imide groups is 1. The molecule has 0 aliphatic carbocycles. The van der Waals surface area contributed by atoms with Crippen LogP contribution in [0.2, 0.25) is 0 Å². The summed E-state index contributed by atoms with van der Waals surface area (Å²) in [6.07, 6.45) is 0. The fourth-order valence-electron chi connectivity index (χ4n) is 3.00. The summed E-state index contributed by atoms with van der Waals surface area (Å²) in [6.45, 7) is 5.90. The lowest BCUT2D eigenvalue weighted by Gasteiger charge is -2.26. The van der Waals surface area contributed by atoms with Crippen LogP contribution in [0.4, 0.5) is 4.39 Å². The van der Waals surface area contributed by atoms with Crippen molar-refractivity contribution in [2.45, 2.75) is 13.8 Å². The zero-order valence-electron chi connectivity index (χ0n) is 16.3. The van der Waals surface area contributed by atoms with Crippen LogP contribution in [0.15, 0.2) is 30.0 Å². The SMILES string of the molecule is COCCN(CCOC)C1=C(c2ccc(F)cc2)C(=O)N(CC(C)C)C1=O. The molecule has 2 amide bonds. The van der Waals surface area contributed by atoms with E-state index in [4.69, 9.17) is 9.47 Å². The Morgan fingerprint density at radius 1 is 1.00 bits per heavy atom. The molecule has 0 radical (unpaired) electrons. The Balaban J connectivity index is 2.52. The van der Waals surface area contributed by atoms with E-state index >= 15 is 0 Å². The highest BCUT2D eigenvalue weighted by Crippen LogP contribution is 2.32. The summed E-state index contributed by atoms with van der Waals surface area (Å²) in [5.41, 5.74) is 1.14. The lowest BCUT2D eigenvalue weighted by molar-refractivity contribution is -0.138. The summed E-state index contributed by atoms with van der Waals surface area (Å²) < 4.78 is 23.7. The van der Waals surface area contributed by atoms with E-state index in [1.807, 2.05) is 18.7 Å². The molecule has 0 bridgehead atoms. The van der Waals surface area contributed by atoms with Gasteiger partial charge < -0.3 is 14.4 Å². The third-order valence-corrected chi connectivity index (χ3v) is 4.27. The minimum Gasteiger partial charge on any atom is -0.383 e. The third kappa shape index (κ3) is 4.93. The largest absolute Gasteiger partial charge is 0.383 e. The lowest BCUT2D eigenvalue weighted by Crippen LogP contribution is -2.39. The lowest BCUT2D eigenvalue weighted by atomic mass is 10.0. The van der Waals surface area contributed by atoms with Crippen LogP contribution in [0.5, 0.6) is 0 Å². The molecule has 0 spiro atoms. The number of carbonyl (C=O) groups excluding carboxylic acids is 2. The van der Waals surface area contributed by atoms with Crippen molar-refractivity contribution in [3.8, 4) is 0 Å². The number of carbonyl (C=O) groups is 2. The summed E-state index contributed by atoms with van der Waals surface area (Å²) >= 11 is 0. The number of halogens is 1. The van der Waals surface area contributed by atoms with Gasteiger partial charge in [0.1, 0.15) is 11.5 Å². The first-order valence-corrected chi connectivity index (χ1v) is 8.99. The van der Waals surface area contributed by atoms with Crippen LogP contribution >= 0.6 is 0 Å². The number of rotatable bonds is 10. The molecule has 0 saturated carbocycles. The van der Waals surface area contributed by atoms with Gasteiger partial charge in [0.15, 0.2) is 0 Å². The molecular weight excluding hydrogens is 351 g/mol. The standard InChI is InChI=1S/C20H27FN2O4/c1-14(2)13-23-19(24)17(15-5-7-16(21)8-6-15)18(20(23)25)22(9-11-26-3)10-12-27-4/h5-8,14H,9-13H2,1-4H3. The monoisotopic (exact) mass is 378 g/mol. The Labute approximate surface area is 159 Å². The van der Waals surface area contributed by atoms with Crippen LogP contribution in [-0.4, -0.2) is 68.7 Å². The van der Waals surface area contributed by atoms with Crippen LogP contribution in [0.1, 0.15) is 19.4 Å². The number of nitrogens with zero attached hydrogens (tertiary/aromatic N) is 2. The molecule has 0 N–H and O–H groups in total. The summed E-state index contributed by atoms with van der Waals surface area (Å²) in [7, 11) is 3.16. The Morgan fingerprint density at radius 2 is 1.56 bits per heavy atom. The Bertz CT molecular complexity index is 692. The predicted octanol–water partition coefficient (Wildman–Crippen LogP) is 2.16. The first-order valence-electron chi connectivity index (χ1n) is 8.99. The van der Waals surface area contributed by atoms with Gasteiger partial charge in [-0.1, -0.05) is 26.0 Å². The van der Waals surface area contributed by atoms with Crippen LogP contribution in [-0.2, 0) is 19.1 Å². The van der Waals surface area contributed by atoms with Crippen molar-refractivity contribution in [1.82, 2.24) is 9.80 Å². The van der Waals surface area contributed by atoms with Gasteiger partial charge in [0, 0.05) is 33.9 Å². The fourth-order valence-corrected chi connectivity index (χ4v) is 3.00. The van der Waals surface area contributed by atoms with E-state index < -0.39 is 5.82 Å². The van der Waals surface area contributed by atoms with Crippen molar-refractivity contribution in [3.63, 3.8) is 0 Å². The first-order chi connectivity index (χ1) is 12.9. The van der Waals surface area contributed by atoms with Gasteiger partial charge in [0.25, 0.3) is 11.8 Å². The summed E-state index contributed by atoms with van der Waals surface area (Å²) in [5, 5.41) is 0. The van der Waals surface area contributed by atoms with E-state index in [-0.39, 0.29) is 17.7 Å². The Hall–Kier alpha value is -2.25. The highest BCUT2D eigenvalue weighted by molar-refractivity contribution is 6.35. The number of amides is 2. The molecule has 0 aromatic heterocycles. The maximum absolute atomic E-state index is 13.4. The Morgan fingerprint density at radius 3 is 2.04 bits per heavy atom. The van der Waals surface area contributed by atoms with Crippen molar-refractivity contribution in [3.05, 3.63) is 41.3 Å². The molecule has 1 aromatic carbocycles. The molecule has 7 heteroatoms. The molecule has 0 saturated heterocycles. The highest BCUT2D eigenvalue weighted by Gasteiger charge is 2.41. The topological polar surface area (TPSA) is 59.1 Å². The Kier molecular flexibility index (Phi) is 7.50. The van der Waals surface area contributed by atoms with E-state index in [2.05, 4.69) is 0 Å². The van der Waals surface area contributed by atoms with E-state index in [1.54, 1.807) is 14.2 Å².